The Hall–Kier alpha value is -1.66. The fourth-order valence-corrected chi connectivity index (χ4v) is 2.48. The van der Waals surface area contributed by atoms with Crippen LogP contribution in [-0.4, -0.2) is 10.2 Å². The summed E-state index contributed by atoms with van der Waals surface area (Å²) in [6.45, 7) is 1.94. The van der Waals surface area contributed by atoms with Gasteiger partial charge in [0.15, 0.2) is 11.0 Å². The normalized spacial score (nSPS) is 11.7. The van der Waals surface area contributed by atoms with Crippen LogP contribution in [0.25, 0.3) is 0 Å². The molecule has 2 aromatic carbocycles. The van der Waals surface area contributed by atoms with Crippen molar-refractivity contribution in [2.24, 2.45) is 0 Å². The Morgan fingerprint density at radius 3 is 2.25 bits per heavy atom. The molecule has 0 heterocycles. The number of carbonyl (C=O) groups excluding carboxylic acids is 1. The minimum absolute atomic E-state index is 0.508. The third-order valence-corrected chi connectivity index (χ3v) is 4.12. The number of nitrogens with one attached hydrogen (secondary N) is 2. The first kappa shape index (κ1) is 14.7. The summed E-state index contributed by atoms with van der Waals surface area (Å²) in [5, 5.41) is 2.62. The molecule has 4 nitrogen and oxygen atoms in total. The molecular formula is C14H13BrN2O2S. The van der Waals surface area contributed by atoms with E-state index in [1.165, 1.54) is 0 Å². The summed E-state index contributed by atoms with van der Waals surface area (Å²) < 4.78 is 15.3. The lowest BCUT2D eigenvalue weighted by atomic mass is 10.2. The van der Waals surface area contributed by atoms with E-state index in [2.05, 4.69) is 26.0 Å². The molecule has 0 aliphatic rings. The van der Waals surface area contributed by atoms with Gasteiger partial charge in [0.25, 0.3) is 0 Å². The zero-order valence-electron chi connectivity index (χ0n) is 10.7. The van der Waals surface area contributed by atoms with E-state index in [-0.39, 0.29) is 0 Å². The van der Waals surface area contributed by atoms with Crippen molar-refractivity contribution >= 4 is 38.6 Å². The molecule has 0 saturated carbocycles. The summed E-state index contributed by atoms with van der Waals surface area (Å²) in [6.07, 6.45) is 0. The van der Waals surface area contributed by atoms with Crippen LogP contribution in [0.1, 0.15) is 5.56 Å². The largest absolute Gasteiger partial charge is 0.331 e. The van der Waals surface area contributed by atoms with Gasteiger partial charge in [-0.3, -0.25) is 4.72 Å². The van der Waals surface area contributed by atoms with Crippen molar-refractivity contribution in [2.75, 3.05) is 5.32 Å². The Bertz CT molecular complexity index is 627. The third kappa shape index (κ3) is 4.18. The van der Waals surface area contributed by atoms with Crippen molar-refractivity contribution < 1.29 is 9.00 Å². The van der Waals surface area contributed by atoms with Gasteiger partial charge in [-0.15, -0.1) is 0 Å². The average Bonchev–Trinajstić information content (AvgIpc) is 2.42. The van der Waals surface area contributed by atoms with E-state index in [1.807, 2.05) is 31.2 Å². The molecule has 6 heteroatoms. The van der Waals surface area contributed by atoms with Crippen molar-refractivity contribution in [3.05, 3.63) is 58.6 Å². The maximum atomic E-state index is 11.9. The van der Waals surface area contributed by atoms with Gasteiger partial charge >= 0.3 is 6.03 Å². The second kappa shape index (κ2) is 6.67. The van der Waals surface area contributed by atoms with Crippen LogP contribution in [0, 0.1) is 6.92 Å². The quantitative estimate of drug-likeness (QED) is 0.886. The molecule has 2 rings (SSSR count). The Morgan fingerprint density at radius 2 is 1.65 bits per heavy atom. The highest BCUT2D eigenvalue weighted by Crippen LogP contribution is 2.14. The smallest absolute Gasteiger partial charge is 0.307 e. The predicted molar refractivity (Wildman–Crippen MR) is 83.9 cm³/mol. The number of hydrogen-bond acceptors (Lipinski definition) is 2. The van der Waals surface area contributed by atoms with Gasteiger partial charge in [0.2, 0.25) is 0 Å². The van der Waals surface area contributed by atoms with E-state index in [0.717, 1.165) is 10.0 Å². The third-order valence-electron chi connectivity index (χ3n) is 2.52. The maximum absolute atomic E-state index is 11.9. The molecule has 0 aromatic heterocycles. The van der Waals surface area contributed by atoms with Gasteiger partial charge in [-0.25, -0.2) is 9.00 Å². The molecular weight excluding hydrogens is 340 g/mol. The molecule has 2 amide bonds. The van der Waals surface area contributed by atoms with E-state index < -0.39 is 17.0 Å². The van der Waals surface area contributed by atoms with Crippen LogP contribution in [0.4, 0.5) is 10.5 Å². The highest BCUT2D eigenvalue weighted by molar-refractivity contribution is 9.10. The van der Waals surface area contributed by atoms with Crippen LogP contribution < -0.4 is 10.0 Å². The Labute approximate surface area is 128 Å². The van der Waals surface area contributed by atoms with Gasteiger partial charge in [-0.1, -0.05) is 33.6 Å². The molecule has 0 aliphatic carbocycles. The van der Waals surface area contributed by atoms with E-state index in [4.69, 9.17) is 0 Å². The number of rotatable bonds is 3. The van der Waals surface area contributed by atoms with Crippen molar-refractivity contribution in [2.45, 2.75) is 11.8 Å². The fraction of sp³-hybridized carbons (Fsp3) is 0.0714. The van der Waals surface area contributed by atoms with Gasteiger partial charge in [0.1, 0.15) is 0 Å². The molecule has 2 aromatic rings. The highest BCUT2D eigenvalue weighted by atomic mass is 79.9. The molecule has 1 atom stereocenters. The van der Waals surface area contributed by atoms with Crippen LogP contribution >= 0.6 is 15.9 Å². The van der Waals surface area contributed by atoms with Crippen molar-refractivity contribution in [3.8, 4) is 0 Å². The second-order valence-corrected chi connectivity index (χ2v) is 6.27. The summed E-state index contributed by atoms with van der Waals surface area (Å²) in [6, 6.07) is 13.8. The Kier molecular flexibility index (Phi) is 4.92. The van der Waals surface area contributed by atoms with Crippen LogP contribution in [0.15, 0.2) is 57.9 Å². The lowest BCUT2D eigenvalue weighted by Gasteiger charge is -2.07. The van der Waals surface area contributed by atoms with E-state index in [1.54, 1.807) is 24.3 Å². The van der Waals surface area contributed by atoms with Crippen LogP contribution in [0.3, 0.4) is 0 Å². The fourth-order valence-electron chi connectivity index (χ4n) is 1.49. The first-order valence-electron chi connectivity index (χ1n) is 5.86. The van der Waals surface area contributed by atoms with E-state index >= 15 is 0 Å². The molecule has 104 valence electrons. The lowest BCUT2D eigenvalue weighted by molar-refractivity contribution is 0.257. The lowest BCUT2D eigenvalue weighted by Crippen LogP contribution is -2.30. The average molecular weight is 353 g/mol. The molecule has 2 N–H and O–H groups in total. The van der Waals surface area contributed by atoms with E-state index in [9.17, 15) is 9.00 Å². The molecule has 0 saturated heterocycles. The SMILES string of the molecule is Cc1ccc(S(=O)NC(=O)Nc2ccc(Br)cc2)cc1. The monoisotopic (exact) mass is 352 g/mol. The minimum Gasteiger partial charge on any atom is -0.307 e. The van der Waals surface area contributed by atoms with Crippen molar-refractivity contribution in [1.29, 1.82) is 0 Å². The zero-order chi connectivity index (χ0) is 14.5. The van der Waals surface area contributed by atoms with Crippen LogP contribution in [-0.2, 0) is 11.0 Å². The number of hydrogen-bond donors (Lipinski definition) is 2. The molecule has 0 spiro atoms. The zero-order valence-corrected chi connectivity index (χ0v) is 13.1. The van der Waals surface area contributed by atoms with Crippen molar-refractivity contribution in [1.82, 2.24) is 4.72 Å². The molecule has 20 heavy (non-hydrogen) atoms. The van der Waals surface area contributed by atoms with Crippen molar-refractivity contribution in [3.63, 3.8) is 0 Å². The summed E-state index contributed by atoms with van der Waals surface area (Å²) in [7, 11) is -1.57. The topological polar surface area (TPSA) is 58.2 Å². The number of aryl methyl sites for hydroxylation is 1. The molecule has 0 fully saturated rings. The van der Waals surface area contributed by atoms with E-state index in [0.29, 0.717) is 10.6 Å². The summed E-state index contributed by atoms with van der Waals surface area (Å²) in [5.41, 5.74) is 1.71. The number of benzene rings is 2. The number of urea groups is 1. The van der Waals surface area contributed by atoms with Gasteiger partial charge in [0, 0.05) is 10.2 Å². The first-order chi connectivity index (χ1) is 9.54. The summed E-state index contributed by atoms with van der Waals surface area (Å²) >= 11 is 3.31. The summed E-state index contributed by atoms with van der Waals surface area (Å²) in [4.78, 5) is 12.3. The molecule has 0 bridgehead atoms. The first-order valence-corrected chi connectivity index (χ1v) is 7.80. The Morgan fingerprint density at radius 1 is 1.05 bits per heavy atom. The van der Waals surface area contributed by atoms with Gasteiger partial charge < -0.3 is 5.32 Å². The molecule has 0 radical (unpaired) electrons. The summed E-state index contributed by atoms with van der Waals surface area (Å²) in [5.74, 6) is 0. The standard InChI is InChI=1S/C14H13BrN2O2S/c1-10-2-8-13(9-3-10)20(19)17-14(18)16-12-6-4-11(15)5-7-12/h2-9H,1H3,(H2,16,17,18). The highest BCUT2D eigenvalue weighted by Gasteiger charge is 2.08. The van der Waals surface area contributed by atoms with Gasteiger partial charge in [-0.05, 0) is 43.3 Å². The number of amides is 2. The maximum Gasteiger partial charge on any atom is 0.331 e. The van der Waals surface area contributed by atoms with Gasteiger partial charge in [0.05, 0.1) is 4.90 Å². The van der Waals surface area contributed by atoms with Crippen LogP contribution in [0.5, 0.6) is 0 Å². The van der Waals surface area contributed by atoms with Gasteiger partial charge in [-0.2, -0.15) is 0 Å². The number of anilines is 1. The predicted octanol–water partition coefficient (Wildman–Crippen LogP) is 3.60. The minimum atomic E-state index is -1.57. The Balaban J connectivity index is 1.95. The number of carbonyl (C=O) groups is 1. The molecule has 1 unspecified atom stereocenters. The number of halogens is 1. The van der Waals surface area contributed by atoms with Crippen LogP contribution in [0.2, 0.25) is 0 Å². The molecule has 0 aliphatic heterocycles. The second-order valence-electron chi connectivity index (χ2n) is 4.14.